The minimum Gasteiger partial charge on any atom is -0.450 e. The summed E-state index contributed by atoms with van der Waals surface area (Å²) in [6.45, 7) is 2.84. The number of nitrogens with one attached hydrogen (secondary N) is 2. The number of urea groups is 1. The van der Waals surface area contributed by atoms with E-state index in [0.29, 0.717) is 0 Å². The van der Waals surface area contributed by atoms with Crippen molar-refractivity contribution in [1.82, 2.24) is 10.6 Å². The lowest BCUT2D eigenvalue weighted by molar-refractivity contribution is -0.123. The Hall–Kier alpha value is -2.05. The van der Waals surface area contributed by atoms with E-state index in [0.717, 1.165) is 0 Å². The molecule has 3 N–H and O–H groups in total. The molecule has 0 bridgehead atoms. The van der Waals surface area contributed by atoms with E-state index in [1.165, 1.54) is 6.08 Å². The number of ether oxygens (including phenoxy) is 1. The van der Waals surface area contributed by atoms with E-state index in [4.69, 9.17) is 5.11 Å². The van der Waals surface area contributed by atoms with Crippen LogP contribution in [0.5, 0.6) is 0 Å². The fourth-order valence-electron chi connectivity index (χ4n) is 0.499. The largest absolute Gasteiger partial charge is 0.506 e. The summed E-state index contributed by atoms with van der Waals surface area (Å²) >= 11 is 0. The highest BCUT2D eigenvalue weighted by Crippen LogP contribution is 1.76. The quantitative estimate of drug-likeness (QED) is 0.428. The van der Waals surface area contributed by atoms with Gasteiger partial charge in [-0.05, 0) is 0 Å². The average Bonchev–Trinajstić information content (AvgIpc) is 2.11. The van der Waals surface area contributed by atoms with Crippen molar-refractivity contribution in [3.63, 3.8) is 0 Å². The molecule has 7 heteroatoms. The third-order valence-electron chi connectivity index (χ3n) is 0.987. The molecule has 78 valence electrons. The molecule has 0 aliphatic heterocycles. The fourth-order valence-corrected chi connectivity index (χ4v) is 0.499. The van der Waals surface area contributed by atoms with Gasteiger partial charge >= 0.3 is 12.2 Å². The molecule has 0 unspecified atom stereocenters. The number of hydrogen-bond acceptors (Lipinski definition) is 4. The highest BCUT2D eigenvalue weighted by atomic mass is 16.7. The van der Waals surface area contributed by atoms with Gasteiger partial charge in [-0.15, -0.1) is 6.58 Å². The maximum absolute atomic E-state index is 10.8. The Morgan fingerprint density at radius 2 is 2.07 bits per heavy atom. The van der Waals surface area contributed by atoms with Crippen molar-refractivity contribution in [1.29, 1.82) is 0 Å². The van der Waals surface area contributed by atoms with E-state index in [9.17, 15) is 14.4 Å². The minimum atomic E-state index is -1.58. The number of hydrogen-bond donors (Lipinski definition) is 3. The van der Waals surface area contributed by atoms with Gasteiger partial charge in [0.05, 0.1) is 0 Å². The topological polar surface area (TPSA) is 105 Å². The third kappa shape index (κ3) is 6.65. The van der Waals surface area contributed by atoms with Crippen LogP contribution in [0.1, 0.15) is 0 Å². The van der Waals surface area contributed by atoms with Crippen LogP contribution in [0.25, 0.3) is 0 Å². The van der Waals surface area contributed by atoms with Gasteiger partial charge in [-0.2, -0.15) is 0 Å². The number of amides is 3. The van der Waals surface area contributed by atoms with Gasteiger partial charge in [0.2, 0.25) is 0 Å². The lowest BCUT2D eigenvalue weighted by Crippen LogP contribution is -2.41. The van der Waals surface area contributed by atoms with Gasteiger partial charge in [0, 0.05) is 6.54 Å². The van der Waals surface area contributed by atoms with Crippen LogP contribution < -0.4 is 10.6 Å². The summed E-state index contributed by atoms with van der Waals surface area (Å²) in [6.07, 6.45) is -0.149. The lowest BCUT2D eigenvalue weighted by Gasteiger charge is -2.03. The van der Waals surface area contributed by atoms with Crippen molar-refractivity contribution in [3.05, 3.63) is 12.7 Å². The van der Waals surface area contributed by atoms with Crippen LogP contribution >= 0.6 is 0 Å². The van der Waals surface area contributed by atoms with E-state index >= 15 is 0 Å². The van der Waals surface area contributed by atoms with Gasteiger partial charge in [-0.1, -0.05) is 6.08 Å². The highest BCUT2D eigenvalue weighted by Gasteiger charge is 2.08. The SMILES string of the molecule is C=CCNC(=O)NC(=O)COC(=O)O. The summed E-state index contributed by atoms with van der Waals surface area (Å²) in [6, 6.07) is -0.733. The zero-order valence-electron chi connectivity index (χ0n) is 7.28. The molecule has 0 rings (SSSR count). The van der Waals surface area contributed by atoms with Crippen LogP contribution in [-0.2, 0) is 9.53 Å². The van der Waals surface area contributed by atoms with Crippen molar-refractivity contribution < 1.29 is 24.2 Å². The molecule has 0 aliphatic rings. The Kier molecular flexibility index (Phi) is 5.52. The Balaban J connectivity index is 3.65. The lowest BCUT2D eigenvalue weighted by atomic mass is 10.6. The van der Waals surface area contributed by atoms with Crippen molar-refractivity contribution in [2.45, 2.75) is 0 Å². The second-order valence-corrected chi connectivity index (χ2v) is 2.10. The highest BCUT2D eigenvalue weighted by molar-refractivity contribution is 5.95. The van der Waals surface area contributed by atoms with Crippen LogP contribution in [0, 0.1) is 0 Å². The van der Waals surface area contributed by atoms with Crippen molar-refractivity contribution in [2.24, 2.45) is 0 Å². The standard InChI is InChI=1S/C7H10N2O5/c1-2-3-8-6(11)9-5(10)4-14-7(12)13/h2H,1,3-4H2,(H,12,13)(H2,8,9,10,11). The number of carbonyl (C=O) groups excluding carboxylic acids is 2. The zero-order chi connectivity index (χ0) is 11.0. The molecule has 0 radical (unpaired) electrons. The van der Waals surface area contributed by atoms with Crippen molar-refractivity contribution in [3.8, 4) is 0 Å². The number of carboxylic acid groups (broad SMARTS) is 1. The molecule has 0 aromatic carbocycles. The van der Waals surface area contributed by atoms with Gasteiger partial charge in [-0.25, -0.2) is 9.59 Å². The van der Waals surface area contributed by atoms with Crippen LogP contribution in [0.15, 0.2) is 12.7 Å². The van der Waals surface area contributed by atoms with Crippen LogP contribution in [-0.4, -0.2) is 36.4 Å². The van der Waals surface area contributed by atoms with Gasteiger partial charge in [0.15, 0.2) is 6.61 Å². The summed E-state index contributed by atoms with van der Waals surface area (Å²) in [5, 5.41) is 12.1. The molecule has 14 heavy (non-hydrogen) atoms. The molecule has 0 heterocycles. The maximum Gasteiger partial charge on any atom is 0.506 e. The second kappa shape index (κ2) is 6.46. The first-order valence-electron chi connectivity index (χ1n) is 3.60. The van der Waals surface area contributed by atoms with E-state index < -0.39 is 24.7 Å². The second-order valence-electron chi connectivity index (χ2n) is 2.10. The van der Waals surface area contributed by atoms with Crippen LogP contribution in [0.3, 0.4) is 0 Å². The Morgan fingerprint density at radius 1 is 1.43 bits per heavy atom. The molecule has 0 atom stereocenters. The summed E-state index contributed by atoms with van der Waals surface area (Å²) in [4.78, 5) is 31.3. The van der Waals surface area contributed by atoms with Crippen molar-refractivity contribution in [2.75, 3.05) is 13.2 Å². The van der Waals surface area contributed by atoms with Crippen molar-refractivity contribution >= 4 is 18.1 Å². The molecule has 3 amide bonds. The van der Waals surface area contributed by atoms with Gasteiger partial charge in [0.25, 0.3) is 5.91 Å². The molecule has 0 fully saturated rings. The molecule has 0 saturated carbocycles. The summed E-state index contributed by atoms with van der Waals surface area (Å²) in [7, 11) is 0. The Morgan fingerprint density at radius 3 is 2.57 bits per heavy atom. The fraction of sp³-hybridized carbons (Fsp3) is 0.286. The zero-order valence-corrected chi connectivity index (χ0v) is 7.28. The molecule has 0 saturated heterocycles. The molecule has 0 aromatic rings. The number of carbonyl (C=O) groups is 3. The predicted octanol–water partition coefficient (Wildman–Crippen LogP) is -0.307. The Labute approximate surface area is 79.7 Å². The summed E-state index contributed by atoms with van der Waals surface area (Å²) < 4.78 is 3.91. The third-order valence-corrected chi connectivity index (χ3v) is 0.987. The van der Waals surface area contributed by atoms with E-state index in [2.05, 4.69) is 16.6 Å². The smallest absolute Gasteiger partial charge is 0.450 e. The summed E-state index contributed by atoms with van der Waals surface area (Å²) in [5.41, 5.74) is 0. The predicted molar refractivity (Wildman–Crippen MR) is 45.7 cm³/mol. The molecular weight excluding hydrogens is 192 g/mol. The maximum atomic E-state index is 10.8. The first-order chi connectivity index (χ1) is 6.56. The van der Waals surface area contributed by atoms with Crippen LogP contribution in [0.4, 0.5) is 9.59 Å². The molecule has 0 aliphatic carbocycles. The molecular formula is C7H10N2O5. The van der Waals surface area contributed by atoms with Gasteiger partial charge in [-0.3, -0.25) is 10.1 Å². The Bertz CT molecular complexity index is 250. The molecule has 7 nitrogen and oxygen atoms in total. The van der Waals surface area contributed by atoms with Gasteiger partial charge in [0.1, 0.15) is 0 Å². The molecule has 0 spiro atoms. The summed E-state index contributed by atoms with van der Waals surface area (Å²) in [5.74, 6) is -0.839. The monoisotopic (exact) mass is 202 g/mol. The minimum absolute atomic E-state index is 0.207. The van der Waals surface area contributed by atoms with E-state index in [-0.39, 0.29) is 6.54 Å². The van der Waals surface area contributed by atoms with Gasteiger partial charge < -0.3 is 15.2 Å². The number of rotatable bonds is 4. The first kappa shape index (κ1) is 11.9. The normalized spacial score (nSPS) is 8.57. The average molecular weight is 202 g/mol. The number of imide groups is 1. The van der Waals surface area contributed by atoms with E-state index in [1.807, 2.05) is 5.32 Å². The molecule has 0 aromatic heterocycles. The van der Waals surface area contributed by atoms with E-state index in [1.54, 1.807) is 0 Å². The first-order valence-corrected chi connectivity index (χ1v) is 3.60. The van der Waals surface area contributed by atoms with Crippen LogP contribution in [0.2, 0.25) is 0 Å².